The summed E-state index contributed by atoms with van der Waals surface area (Å²) in [5.41, 5.74) is 0. The lowest BCUT2D eigenvalue weighted by molar-refractivity contribution is -0.143. The van der Waals surface area contributed by atoms with E-state index in [1.165, 1.54) is 32.1 Å². The average Bonchev–Trinajstić information content (AvgIpc) is 2.25. The van der Waals surface area contributed by atoms with Crippen LogP contribution in [0.5, 0.6) is 0 Å². The van der Waals surface area contributed by atoms with E-state index in [1.807, 2.05) is 0 Å². The number of esters is 1. The summed E-state index contributed by atoms with van der Waals surface area (Å²) >= 11 is 0. The van der Waals surface area contributed by atoms with Crippen molar-refractivity contribution in [2.75, 3.05) is 6.61 Å². The molecule has 1 radical (unpaired) electrons. The van der Waals surface area contributed by atoms with Crippen molar-refractivity contribution >= 4 is 5.97 Å². The molecule has 0 aromatic rings. The summed E-state index contributed by atoms with van der Waals surface area (Å²) in [5.74, 6) is -0.0628. The van der Waals surface area contributed by atoms with E-state index < -0.39 is 0 Å². The van der Waals surface area contributed by atoms with Crippen LogP contribution in [0.2, 0.25) is 0 Å². The van der Waals surface area contributed by atoms with Crippen molar-refractivity contribution in [3.63, 3.8) is 0 Å². The number of carbonyl (C=O) groups excluding carboxylic acids is 1. The van der Waals surface area contributed by atoms with Crippen molar-refractivity contribution in [2.45, 2.75) is 64.7 Å². The van der Waals surface area contributed by atoms with Gasteiger partial charge in [0.15, 0.2) is 0 Å². The fourth-order valence-electron chi connectivity index (χ4n) is 1.41. The molecule has 0 spiro atoms. The molecule has 0 saturated heterocycles. The molecule has 0 heterocycles. The van der Waals surface area contributed by atoms with Crippen LogP contribution in [0.25, 0.3) is 0 Å². The Morgan fingerprint density at radius 3 is 2.40 bits per heavy atom. The van der Waals surface area contributed by atoms with E-state index in [1.54, 1.807) is 0 Å². The predicted molar refractivity (Wildman–Crippen MR) is 63.5 cm³/mol. The minimum atomic E-state index is -0.0628. The molecule has 89 valence electrons. The Hall–Kier alpha value is -0.530. The second-order valence-corrected chi connectivity index (χ2v) is 3.95. The van der Waals surface area contributed by atoms with E-state index in [4.69, 9.17) is 4.74 Å². The Morgan fingerprint density at radius 2 is 1.73 bits per heavy atom. The largest absolute Gasteiger partial charge is 0.466 e. The average molecular weight is 213 g/mol. The van der Waals surface area contributed by atoms with Gasteiger partial charge in [-0.3, -0.25) is 4.79 Å². The van der Waals surface area contributed by atoms with Crippen molar-refractivity contribution in [2.24, 2.45) is 0 Å². The highest BCUT2D eigenvalue weighted by Gasteiger charge is 2.00. The molecule has 0 atom stereocenters. The fraction of sp³-hybridized carbons (Fsp3) is 0.846. The van der Waals surface area contributed by atoms with Crippen LogP contribution in [0.4, 0.5) is 0 Å². The monoisotopic (exact) mass is 213 g/mol. The number of hydrogen-bond acceptors (Lipinski definition) is 2. The molecule has 2 heteroatoms. The zero-order valence-electron chi connectivity index (χ0n) is 10.1. The second kappa shape index (κ2) is 11.5. The summed E-state index contributed by atoms with van der Waals surface area (Å²) in [6.45, 7) is 6.50. The van der Waals surface area contributed by atoms with Crippen molar-refractivity contribution in [3.05, 3.63) is 6.92 Å². The third-order valence-electron chi connectivity index (χ3n) is 2.39. The molecule has 0 bridgehead atoms. The van der Waals surface area contributed by atoms with Crippen molar-refractivity contribution in [1.29, 1.82) is 0 Å². The van der Waals surface area contributed by atoms with Gasteiger partial charge in [-0.05, 0) is 12.8 Å². The maximum atomic E-state index is 11.1. The normalized spacial score (nSPS) is 10.3. The number of carbonyl (C=O) groups is 1. The third kappa shape index (κ3) is 11.4. The highest BCUT2D eigenvalue weighted by atomic mass is 16.5. The minimum absolute atomic E-state index is 0.0628. The van der Waals surface area contributed by atoms with Gasteiger partial charge in [0.25, 0.3) is 0 Å². The smallest absolute Gasteiger partial charge is 0.305 e. The molecule has 0 aromatic carbocycles. The summed E-state index contributed by atoms with van der Waals surface area (Å²) in [5, 5.41) is 0. The SMILES string of the molecule is [CH2]CCCC(=O)OCCCCCCCC. The number of rotatable bonds is 10. The number of unbranched alkanes of at least 4 members (excludes halogenated alkanes) is 6. The summed E-state index contributed by atoms with van der Waals surface area (Å²) in [4.78, 5) is 11.1. The summed E-state index contributed by atoms with van der Waals surface area (Å²) in [6, 6.07) is 0. The molecular formula is C13H25O2. The molecule has 2 nitrogen and oxygen atoms in total. The predicted octanol–water partition coefficient (Wildman–Crippen LogP) is 3.89. The zero-order valence-corrected chi connectivity index (χ0v) is 10.1. The molecule has 0 aliphatic heterocycles. The van der Waals surface area contributed by atoms with Crippen molar-refractivity contribution in [1.82, 2.24) is 0 Å². The van der Waals surface area contributed by atoms with E-state index in [-0.39, 0.29) is 5.97 Å². The van der Waals surface area contributed by atoms with Crippen molar-refractivity contribution in [3.8, 4) is 0 Å². The van der Waals surface area contributed by atoms with Gasteiger partial charge in [-0.2, -0.15) is 0 Å². The van der Waals surface area contributed by atoms with Crippen LogP contribution in [0, 0.1) is 6.92 Å². The Labute approximate surface area is 94.4 Å². The minimum Gasteiger partial charge on any atom is -0.466 e. The molecule has 0 N–H and O–H groups in total. The zero-order chi connectivity index (χ0) is 11.4. The molecule has 15 heavy (non-hydrogen) atoms. The molecule has 0 fully saturated rings. The molecule has 0 aliphatic carbocycles. The molecule has 0 rings (SSSR count). The first kappa shape index (κ1) is 14.5. The van der Waals surface area contributed by atoms with E-state index in [0.29, 0.717) is 13.0 Å². The van der Waals surface area contributed by atoms with Gasteiger partial charge in [0.05, 0.1) is 6.61 Å². The second-order valence-electron chi connectivity index (χ2n) is 3.95. The Kier molecular flexibility index (Phi) is 11.1. The van der Waals surface area contributed by atoms with Crippen LogP contribution in [0.3, 0.4) is 0 Å². The molecular weight excluding hydrogens is 188 g/mol. The maximum Gasteiger partial charge on any atom is 0.305 e. The van der Waals surface area contributed by atoms with Gasteiger partial charge in [0.2, 0.25) is 0 Å². The summed E-state index contributed by atoms with van der Waals surface area (Å²) in [7, 11) is 0. The van der Waals surface area contributed by atoms with E-state index in [9.17, 15) is 4.79 Å². The van der Waals surface area contributed by atoms with Gasteiger partial charge < -0.3 is 4.74 Å². The van der Waals surface area contributed by atoms with Crippen LogP contribution < -0.4 is 0 Å². The topological polar surface area (TPSA) is 26.3 Å². The molecule has 0 unspecified atom stereocenters. The molecule has 0 aromatic heterocycles. The standard InChI is InChI=1S/C13H25O2/c1-3-5-7-8-9-10-12-15-13(14)11-6-4-2/h2-12H2,1H3. The van der Waals surface area contributed by atoms with Crippen LogP contribution in [0.1, 0.15) is 64.7 Å². The van der Waals surface area contributed by atoms with Gasteiger partial charge in [-0.25, -0.2) is 0 Å². The van der Waals surface area contributed by atoms with E-state index >= 15 is 0 Å². The van der Waals surface area contributed by atoms with Gasteiger partial charge in [0, 0.05) is 6.42 Å². The van der Waals surface area contributed by atoms with Gasteiger partial charge in [-0.1, -0.05) is 52.4 Å². The molecule has 0 amide bonds. The Bertz CT molecular complexity index is 143. The first-order chi connectivity index (χ1) is 7.31. The lowest BCUT2D eigenvalue weighted by Crippen LogP contribution is -2.05. The van der Waals surface area contributed by atoms with Crippen LogP contribution in [0.15, 0.2) is 0 Å². The van der Waals surface area contributed by atoms with Crippen LogP contribution >= 0.6 is 0 Å². The maximum absolute atomic E-state index is 11.1. The summed E-state index contributed by atoms with van der Waals surface area (Å²) in [6.07, 6.45) is 9.56. The quantitative estimate of drug-likeness (QED) is 0.406. The van der Waals surface area contributed by atoms with Gasteiger partial charge >= 0.3 is 5.97 Å². The van der Waals surface area contributed by atoms with Crippen molar-refractivity contribution < 1.29 is 9.53 Å². The lowest BCUT2D eigenvalue weighted by Gasteiger charge is -2.04. The number of hydrogen-bond donors (Lipinski definition) is 0. The number of ether oxygens (including phenoxy) is 1. The highest BCUT2D eigenvalue weighted by molar-refractivity contribution is 5.69. The molecule has 0 aliphatic rings. The first-order valence-electron chi connectivity index (χ1n) is 6.26. The Morgan fingerprint density at radius 1 is 1.07 bits per heavy atom. The Balaban J connectivity index is 3.06. The van der Waals surface area contributed by atoms with E-state index in [2.05, 4.69) is 13.8 Å². The van der Waals surface area contributed by atoms with Gasteiger partial charge in [0.1, 0.15) is 0 Å². The highest BCUT2D eigenvalue weighted by Crippen LogP contribution is 2.05. The third-order valence-corrected chi connectivity index (χ3v) is 2.39. The first-order valence-corrected chi connectivity index (χ1v) is 6.26. The van der Waals surface area contributed by atoms with Crippen LogP contribution in [-0.2, 0) is 9.53 Å². The molecule has 0 saturated carbocycles. The fourth-order valence-corrected chi connectivity index (χ4v) is 1.41. The van der Waals surface area contributed by atoms with Gasteiger partial charge in [-0.15, -0.1) is 0 Å². The van der Waals surface area contributed by atoms with Crippen LogP contribution in [-0.4, -0.2) is 12.6 Å². The lowest BCUT2D eigenvalue weighted by atomic mass is 10.1. The van der Waals surface area contributed by atoms with E-state index in [0.717, 1.165) is 19.3 Å². The summed E-state index contributed by atoms with van der Waals surface area (Å²) < 4.78 is 5.08.